The summed E-state index contributed by atoms with van der Waals surface area (Å²) >= 11 is 0. The Kier molecular flexibility index (Phi) is 4.11. The number of piperidine rings is 1. The Morgan fingerprint density at radius 3 is 2.37 bits per heavy atom. The summed E-state index contributed by atoms with van der Waals surface area (Å²) in [7, 11) is 0. The molecule has 1 aliphatic carbocycles. The van der Waals surface area contributed by atoms with E-state index < -0.39 is 0 Å². The zero-order valence-electron chi connectivity index (χ0n) is 12.2. The van der Waals surface area contributed by atoms with Crippen molar-refractivity contribution in [2.75, 3.05) is 13.1 Å². The van der Waals surface area contributed by atoms with Crippen molar-refractivity contribution in [3.63, 3.8) is 0 Å². The van der Waals surface area contributed by atoms with Crippen molar-refractivity contribution in [1.82, 2.24) is 10.2 Å². The largest absolute Gasteiger partial charge is 0.342 e. The molecule has 0 radical (unpaired) electrons. The first kappa shape index (κ1) is 13.4. The molecule has 0 aromatic rings. The fourth-order valence-corrected chi connectivity index (χ4v) is 3.92. The van der Waals surface area contributed by atoms with E-state index in [4.69, 9.17) is 0 Å². The Morgan fingerprint density at radius 1 is 1.11 bits per heavy atom. The van der Waals surface area contributed by atoms with Crippen molar-refractivity contribution in [2.45, 2.75) is 70.4 Å². The predicted molar refractivity (Wildman–Crippen MR) is 76.9 cm³/mol. The molecule has 2 bridgehead atoms. The zero-order chi connectivity index (χ0) is 13.2. The van der Waals surface area contributed by atoms with Crippen LogP contribution in [0.1, 0.15) is 58.3 Å². The van der Waals surface area contributed by atoms with Gasteiger partial charge in [-0.25, -0.2) is 0 Å². The van der Waals surface area contributed by atoms with Crippen molar-refractivity contribution >= 4 is 5.91 Å². The van der Waals surface area contributed by atoms with Gasteiger partial charge >= 0.3 is 0 Å². The van der Waals surface area contributed by atoms with Crippen LogP contribution in [0.5, 0.6) is 0 Å². The fourth-order valence-electron chi connectivity index (χ4n) is 3.92. The lowest BCUT2D eigenvalue weighted by atomic mass is 9.89. The van der Waals surface area contributed by atoms with Crippen molar-refractivity contribution in [3.8, 4) is 0 Å². The predicted octanol–water partition coefficient (Wildman–Crippen LogP) is 2.56. The lowest BCUT2D eigenvalue weighted by Gasteiger charge is -2.31. The number of hydrogen-bond donors (Lipinski definition) is 1. The summed E-state index contributed by atoms with van der Waals surface area (Å²) in [5.74, 6) is 1.89. The van der Waals surface area contributed by atoms with Crippen LogP contribution in [0.25, 0.3) is 0 Å². The number of carbonyl (C=O) groups is 1. The first-order valence-electron chi connectivity index (χ1n) is 8.28. The van der Waals surface area contributed by atoms with Gasteiger partial charge in [0.1, 0.15) is 0 Å². The lowest BCUT2D eigenvalue weighted by molar-refractivity contribution is -0.132. The molecule has 3 heteroatoms. The molecule has 0 aromatic carbocycles. The number of nitrogens with one attached hydrogen (secondary N) is 1. The Morgan fingerprint density at radius 2 is 1.79 bits per heavy atom. The molecule has 2 aliphatic heterocycles. The number of nitrogens with zero attached hydrogens (tertiary/aromatic N) is 1. The van der Waals surface area contributed by atoms with Crippen LogP contribution in [0.4, 0.5) is 0 Å². The van der Waals surface area contributed by atoms with Crippen LogP contribution in [0.15, 0.2) is 0 Å². The molecule has 1 saturated carbocycles. The van der Waals surface area contributed by atoms with Gasteiger partial charge in [0, 0.05) is 31.6 Å². The fraction of sp³-hybridized carbons (Fsp3) is 0.938. The van der Waals surface area contributed by atoms with E-state index >= 15 is 0 Å². The molecule has 3 fully saturated rings. The minimum atomic E-state index is 0.431. The summed E-state index contributed by atoms with van der Waals surface area (Å²) in [5.41, 5.74) is 0. The topological polar surface area (TPSA) is 32.3 Å². The SMILES string of the molecule is CCCN(CC1CC1)C(=O)CC1CC2CCC(C1)N2. The molecular formula is C16H28N2O. The first-order valence-corrected chi connectivity index (χ1v) is 8.28. The van der Waals surface area contributed by atoms with Crippen LogP contribution in [-0.4, -0.2) is 36.0 Å². The highest BCUT2D eigenvalue weighted by molar-refractivity contribution is 5.76. The standard InChI is InChI=1S/C16H28N2O/c1-2-7-18(11-12-3-4-12)16(19)10-13-8-14-5-6-15(9-13)17-14/h12-15,17H,2-11H2,1H3. The maximum Gasteiger partial charge on any atom is 0.222 e. The Balaban J connectivity index is 1.50. The second-order valence-electron chi connectivity index (χ2n) is 6.96. The summed E-state index contributed by atoms with van der Waals surface area (Å²) in [4.78, 5) is 14.7. The second-order valence-corrected chi connectivity index (χ2v) is 6.96. The van der Waals surface area contributed by atoms with Crippen LogP contribution < -0.4 is 5.32 Å². The summed E-state index contributed by atoms with van der Waals surface area (Å²) in [5, 5.41) is 3.67. The monoisotopic (exact) mass is 264 g/mol. The highest BCUT2D eigenvalue weighted by atomic mass is 16.2. The molecule has 2 heterocycles. The van der Waals surface area contributed by atoms with Gasteiger partial charge in [0.15, 0.2) is 0 Å². The molecular weight excluding hydrogens is 236 g/mol. The molecule has 3 nitrogen and oxygen atoms in total. The third-order valence-electron chi connectivity index (χ3n) is 5.06. The van der Waals surface area contributed by atoms with Gasteiger partial charge in [0.05, 0.1) is 0 Å². The number of fused-ring (bicyclic) bond motifs is 2. The Bertz CT molecular complexity index is 315. The third-order valence-corrected chi connectivity index (χ3v) is 5.06. The molecule has 19 heavy (non-hydrogen) atoms. The highest BCUT2D eigenvalue weighted by Crippen LogP contribution is 2.34. The molecule has 0 aromatic heterocycles. The van der Waals surface area contributed by atoms with E-state index in [0.717, 1.165) is 31.8 Å². The van der Waals surface area contributed by atoms with Gasteiger partial charge < -0.3 is 10.2 Å². The van der Waals surface area contributed by atoms with Gasteiger partial charge in [-0.3, -0.25) is 4.79 Å². The van der Waals surface area contributed by atoms with Crippen LogP contribution >= 0.6 is 0 Å². The lowest BCUT2D eigenvalue weighted by Crippen LogP contribution is -2.41. The van der Waals surface area contributed by atoms with Crippen LogP contribution in [0.2, 0.25) is 0 Å². The molecule has 1 N–H and O–H groups in total. The van der Waals surface area contributed by atoms with E-state index in [1.54, 1.807) is 0 Å². The number of carbonyl (C=O) groups excluding carboxylic acids is 1. The van der Waals surface area contributed by atoms with Gasteiger partial charge in [0.25, 0.3) is 0 Å². The van der Waals surface area contributed by atoms with E-state index in [1.165, 1.54) is 38.5 Å². The molecule has 2 saturated heterocycles. The summed E-state index contributed by atoms with van der Waals surface area (Å²) in [6.07, 6.45) is 9.69. The highest BCUT2D eigenvalue weighted by Gasteiger charge is 2.35. The van der Waals surface area contributed by atoms with Crippen LogP contribution in [0, 0.1) is 11.8 Å². The zero-order valence-corrected chi connectivity index (χ0v) is 12.2. The van der Waals surface area contributed by atoms with Gasteiger partial charge in [-0.1, -0.05) is 6.92 Å². The van der Waals surface area contributed by atoms with Gasteiger partial charge in [0.2, 0.25) is 5.91 Å². The summed E-state index contributed by atoms with van der Waals surface area (Å²) in [6, 6.07) is 1.42. The minimum absolute atomic E-state index is 0.431. The molecule has 3 rings (SSSR count). The molecule has 0 spiro atoms. The van der Waals surface area contributed by atoms with Crippen molar-refractivity contribution in [2.24, 2.45) is 11.8 Å². The Hall–Kier alpha value is -0.570. The normalized spacial score (nSPS) is 33.4. The Labute approximate surface area is 117 Å². The van der Waals surface area contributed by atoms with Crippen LogP contribution in [0.3, 0.4) is 0 Å². The molecule has 2 unspecified atom stereocenters. The average Bonchev–Trinajstić information content (AvgIpc) is 3.14. The number of hydrogen-bond acceptors (Lipinski definition) is 2. The van der Waals surface area contributed by atoms with Gasteiger partial charge in [-0.05, 0) is 56.8 Å². The van der Waals surface area contributed by atoms with Crippen molar-refractivity contribution in [1.29, 1.82) is 0 Å². The summed E-state index contributed by atoms with van der Waals surface area (Å²) in [6.45, 7) is 4.18. The molecule has 2 atom stereocenters. The maximum atomic E-state index is 12.5. The number of amides is 1. The smallest absolute Gasteiger partial charge is 0.222 e. The van der Waals surface area contributed by atoms with E-state index in [9.17, 15) is 4.79 Å². The third kappa shape index (κ3) is 3.50. The maximum absolute atomic E-state index is 12.5. The van der Waals surface area contributed by atoms with E-state index in [2.05, 4.69) is 17.1 Å². The first-order chi connectivity index (χ1) is 9.24. The van der Waals surface area contributed by atoms with Crippen molar-refractivity contribution < 1.29 is 4.79 Å². The quantitative estimate of drug-likeness (QED) is 0.799. The van der Waals surface area contributed by atoms with E-state index in [1.807, 2.05) is 0 Å². The van der Waals surface area contributed by atoms with E-state index in [-0.39, 0.29) is 0 Å². The summed E-state index contributed by atoms with van der Waals surface area (Å²) < 4.78 is 0. The van der Waals surface area contributed by atoms with Crippen molar-refractivity contribution in [3.05, 3.63) is 0 Å². The van der Waals surface area contributed by atoms with Gasteiger partial charge in [-0.2, -0.15) is 0 Å². The minimum Gasteiger partial charge on any atom is -0.342 e. The van der Waals surface area contributed by atoms with E-state index in [0.29, 0.717) is 23.9 Å². The molecule has 108 valence electrons. The second kappa shape index (κ2) is 5.82. The number of rotatable bonds is 6. The van der Waals surface area contributed by atoms with Crippen LogP contribution in [-0.2, 0) is 4.79 Å². The molecule has 3 aliphatic rings. The average molecular weight is 264 g/mol. The van der Waals surface area contributed by atoms with Gasteiger partial charge in [-0.15, -0.1) is 0 Å². The molecule has 1 amide bonds.